The van der Waals surface area contributed by atoms with Crippen molar-refractivity contribution in [2.24, 2.45) is 0 Å². The maximum atomic E-state index is 12.3. The maximum Gasteiger partial charge on any atom is 0.364 e. The van der Waals surface area contributed by atoms with E-state index in [0.717, 1.165) is 42.3 Å². The molecular formula is C13H14N6OS. The second kappa shape index (κ2) is 5.03. The first kappa shape index (κ1) is 12.6. The van der Waals surface area contributed by atoms with Crippen molar-refractivity contribution >= 4 is 22.8 Å². The summed E-state index contributed by atoms with van der Waals surface area (Å²) >= 11 is 1.19. The van der Waals surface area contributed by atoms with Gasteiger partial charge >= 0.3 is 5.69 Å². The molecule has 1 saturated carbocycles. The lowest BCUT2D eigenvalue weighted by Gasteiger charge is -2.05. The summed E-state index contributed by atoms with van der Waals surface area (Å²) in [6.07, 6.45) is 4.37. The predicted octanol–water partition coefficient (Wildman–Crippen LogP) is 1.61. The zero-order chi connectivity index (χ0) is 14.2. The summed E-state index contributed by atoms with van der Waals surface area (Å²) in [5, 5.41) is 8.04. The summed E-state index contributed by atoms with van der Waals surface area (Å²) in [6, 6.07) is 6.03. The Hall–Kier alpha value is -2.09. The van der Waals surface area contributed by atoms with Gasteiger partial charge in [0.25, 0.3) is 0 Å². The van der Waals surface area contributed by atoms with Crippen molar-refractivity contribution in [3.8, 4) is 0 Å². The molecule has 1 fully saturated rings. The molecule has 21 heavy (non-hydrogen) atoms. The van der Waals surface area contributed by atoms with Crippen molar-refractivity contribution in [2.75, 3.05) is 0 Å². The molecule has 108 valence electrons. The van der Waals surface area contributed by atoms with E-state index in [0.29, 0.717) is 6.54 Å². The minimum atomic E-state index is -0.126. The SMILES string of the molecule is O=c1n(Cc2ccc3nsnc3c2)nnn1C1CCCC1. The average Bonchev–Trinajstić information content (AvgIpc) is 3.20. The van der Waals surface area contributed by atoms with Crippen LogP contribution in [0.5, 0.6) is 0 Å². The molecule has 1 aliphatic rings. The molecule has 0 N–H and O–H groups in total. The molecule has 3 aromatic rings. The Morgan fingerprint density at radius 1 is 1.14 bits per heavy atom. The summed E-state index contributed by atoms with van der Waals surface area (Å²) in [5.41, 5.74) is 2.59. The summed E-state index contributed by atoms with van der Waals surface area (Å²) in [6.45, 7) is 0.416. The van der Waals surface area contributed by atoms with Gasteiger partial charge in [-0.05, 0) is 41.0 Å². The molecule has 0 spiro atoms. The fraction of sp³-hybridized carbons (Fsp3) is 0.462. The Morgan fingerprint density at radius 2 is 1.95 bits per heavy atom. The Bertz CT molecular complexity index is 828. The molecule has 4 rings (SSSR count). The van der Waals surface area contributed by atoms with Crippen LogP contribution in [-0.2, 0) is 6.54 Å². The van der Waals surface area contributed by atoms with Crippen molar-refractivity contribution in [1.82, 2.24) is 28.5 Å². The third-order valence-electron chi connectivity index (χ3n) is 3.98. The summed E-state index contributed by atoms with van der Waals surface area (Å²) in [5.74, 6) is 0. The number of nitrogens with zero attached hydrogens (tertiary/aromatic N) is 6. The van der Waals surface area contributed by atoms with Gasteiger partial charge in [-0.2, -0.15) is 18.1 Å². The largest absolute Gasteiger partial charge is 0.364 e. The third-order valence-corrected chi connectivity index (χ3v) is 4.54. The van der Waals surface area contributed by atoms with Gasteiger partial charge in [0.05, 0.1) is 24.3 Å². The highest BCUT2D eigenvalue weighted by Gasteiger charge is 2.21. The van der Waals surface area contributed by atoms with E-state index in [1.165, 1.54) is 21.1 Å². The summed E-state index contributed by atoms with van der Waals surface area (Å²) in [4.78, 5) is 12.3. The molecule has 0 saturated heterocycles. The minimum absolute atomic E-state index is 0.126. The monoisotopic (exact) mass is 302 g/mol. The number of tetrazole rings is 1. The molecule has 7 nitrogen and oxygen atoms in total. The van der Waals surface area contributed by atoms with Crippen LogP contribution in [0.1, 0.15) is 37.3 Å². The molecule has 2 heterocycles. The van der Waals surface area contributed by atoms with Gasteiger partial charge in [0.1, 0.15) is 11.0 Å². The van der Waals surface area contributed by atoms with Crippen molar-refractivity contribution in [1.29, 1.82) is 0 Å². The smallest absolute Gasteiger partial charge is 0.244 e. The predicted molar refractivity (Wildman–Crippen MR) is 78.3 cm³/mol. The van der Waals surface area contributed by atoms with Gasteiger partial charge in [0.15, 0.2) is 0 Å². The van der Waals surface area contributed by atoms with Crippen molar-refractivity contribution in [2.45, 2.75) is 38.3 Å². The molecular weight excluding hydrogens is 288 g/mol. The lowest BCUT2D eigenvalue weighted by atomic mass is 10.2. The number of benzene rings is 1. The first-order chi connectivity index (χ1) is 10.3. The molecule has 0 atom stereocenters. The van der Waals surface area contributed by atoms with Crippen LogP contribution in [0.25, 0.3) is 11.0 Å². The van der Waals surface area contributed by atoms with E-state index in [2.05, 4.69) is 19.2 Å². The highest BCUT2D eigenvalue weighted by Crippen LogP contribution is 2.27. The normalized spacial score (nSPS) is 16.0. The molecule has 0 radical (unpaired) electrons. The van der Waals surface area contributed by atoms with Gasteiger partial charge in [-0.1, -0.05) is 18.9 Å². The zero-order valence-corrected chi connectivity index (χ0v) is 12.2. The molecule has 0 aliphatic heterocycles. The van der Waals surface area contributed by atoms with Crippen molar-refractivity contribution in [3.63, 3.8) is 0 Å². The van der Waals surface area contributed by atoms with Gasteiger partial charge in [-0.25, -0.2) is 4.79 Å². The van der Waals surface area contributed by atoms with E-state index in [-0.39, 0.29) is 11.7 Å². The quantitative estimate of drug-likeness (QED) is 0.734. The van der Waals surface area contributed by atoms with Crippen molar-refractivity contribution < 1.29 is 0 Å². The lowest BCUT2D eigenvalue weighted by molar-refractivity contribution is 0.441. The van der Waals surface area contributed by atoms with Crippen LogP contribution in [0, 0.1) is 0 Å². The average molecular weight is 302 g/mol. The third kappa shape index (κ3) is 2.25. The molecule has 1 aromatic carbocycles. The Kier molecular flexibility index (Phi) is 3.03. The summed E-state index contributed by atoms with van der Waals surface area (Å²) < 4.78 is 11.3. The molecule has 1 aliphatic carbocycles. The molecule has 8 heteroatoms. The van der Waals surface area contributed by atoms with E-state index < -0.39 is 0 Å². The molecule has 0 bridgehead atoms. The first-order valence-electron chi connectivity index (χ1n) is 7.05. The molecule has 0 unspecified atom stereocenters. The number of fused-ring (bicyclic) bond motifs is 1. The minimum Gasteiger partial charge on any atom is -0.244 e. The molecule has 2 aromatic heterocycles. The lowest BCUT2D eigenvalue weighted by Crippen LogP contribution is -2.27. The van der Waals surface area contributed by atoms with Crippen LogP contribution < -0.4 is 5.69 Å². The topological polar surface area (TPSA) is 78.5 Å². The number of rotatable bonds is 3. The number of hydrogen-bond acceptors (Lipinski definition) is 6. The fourth-order valence-corrected chi connectivity index (χ4v) is 3.38. The van der Waals surface area contributed by atoms with E-state index in [1.807, 2.05) is 18.2 Å². The van der Waals surface area contributed by atoms with Crippen LogP contribution in [0.2, 0.25) is 0 Å². The second-order valence-electron chi connectivity index (χ2n) is 5.39. The van der Waals surface area contributed by atoms with E-state index >= 15 is 0 Å². The first-order valence-corrected chi connectivity index (χ1v) is 7.78. The van der Waals surface area contributed by atoms with Gasteiger partial charge in [0.2, 0.25) is 0 Å². The zero-order valence-electron chi connectivity index (χ0n) is 11.3. The Balaban J connectivity index is 1.63. The van der Waals surface area contributed by atoms with Crippen LogP contribution >= 0.6 is 11.7 Å². The highest BCUT2D eigenvalue weighted by atomic mass is 32.1. The van der Waals surface area contributed by atoms with E-state index in [9.17, 15) is 4.79 Å². The van der Waals surface area contributed by atoms with E-state index in [4.69, 9.17) is 0 Å². The van der Waals surface area contributed by atoms with Crippen LogP contribution in [0.3, 0.4) is 0 Å². The maximum absolute atomic E-state index is 12.3. The second-order valence-corrected chi connectivity index (χ2v) is 5.92. The van der Waals surface area contributed by atoms with Crippen molar-refractivity contribution in [3.05, 3.63) is 34.2 Å². The number of hydrogen-bond donors (Lipinski definition) is 0. The van der Waals surface area contributed by atoms with E-state index in [1.54, 1.807) is 0 Å². The molecule has 0 amide bonds. The Labute approximate surface area is 124 Å². The van der Waals surface area contributed by atoms with Gasteiger partial charge in [0, 0.05) is 0 Å². The number of aromatic nitrogens is 6. The summed E-state index contributed by atoms with van der Waals surface area (Å²) in [7, 11) is 0. The van der Waals surface area contributed by atoms with Crippen LogP contribution in [0.4, 0.5) is 0 Å². The van der Waals surface area contributed by atoms with Crippen LogP contribution in [0.15, 0.2) is 23.0 Å². The van der Waals surface area contributed by atoms with Gasteiger partial charge in [-0.15, -0.1) is 0 Å². The highest BCUT2D eigenvalue weighted by molar-refractivity contribution is 7.00. The Morgan fingerprint density at radius 3 is 2.81 bits per heavy atom. The van der Waals surface area contributed by atoms with Gasteiger partial charge in [-0.3, -0.25) is 0 Å². The van der Waals surface area contributed by atoms with Gasteiger partial charge < -0.3 is 0 Å². The van der Waals surface area contributed by atoms with Crippen LogP contribution in [-0.4, -0.2) is 28.5 Å². The fourth-order valence-electron chi connectivity index (χ4n) is 2.86. The standard InChI is InChI=1S/C13H14N6OS/c20-13-18(16-17-19(13)10-3-1-2-4-10)8-9-5-6-11-12(7-9)15-21-14-11/h5-7,10H,1-4,8H2.